The smallest absolute Gasteiger partial charge is 0.260 e. The Hall–Kier alpha value is -3.09. The van der Waals surface area contributed by atoms with Gasteiger partial charge in [-0.3, -0.25) is 25.1 Å². The van der Waals surface area contributed by atoms with Crippen LogP contribution in [0.25, 0.3) is 11.0 Å². The molecule has 7 heteroatoms. The molecule has 3 rings (SSSR count). The summed E-state index contributed by atoms with van der Waals surface area (Å²) in [5.41, 5.74) is 10.6. The summed E-state index contributed by atoms with van der Waals surface area (Å²) in [6.07, 6.45) is 1.72. The molecule has 0 aliphatic rings. The molecule has 0 aliphatic heterocycles. The standard InChI is InChI=1S/C21H26N4O3/c1-12(2)17-9-18-16(11-28-19(18)6-13(17)3)8-20(26)22-23-21(27)10-25-15(5)7-14(4)24-25/h6-7,9,11-12H,8,10H2,1-5H3,(H,22,26)(H,23,27). The van der Waals surface area contributed by atoms with Crippen LogP contribution in [-0.2, 0) is 22.6 Å². The summed E-state index contributed by atoms with van der Waals surface area (Å²) < 4.78 is 7.20. The van der Waals surface area contributed by atoms with Crippen molar-refractivity contribution in [3.05, 3.63) is 52.5 Å². The Balaban J connectivity index is 1.62. The lowest BCUT2D eigenvalue weighted by Gasteiger charge is -2.10. The maximum Gasteiger partial charge on any atom is 0.260 e. The van der Waals surface area contributed by atoms with E-state index in [1.54, 1.807) is 10.9 Å². The fraction of sp³-hybridized carbons (Fsp3) is 0.381. The zero-order valence-corrected chi connectivity index (χ0v) is 16.9. The number of carbonyl (C=O) groups is 2. The Kier molecular flexibility index (Phi) is 5.53. The lowest BCUT2D eigenvalue weighted by molar-refractivity contribution is -0.129. The normalized spacial score (nSPS) is 11.2. The van der Waals surface area contributed by atoms with Crippen LogP contribution in [0.4, 0.5) is 0 Å². The number of hydrogen-bond donors (Lipinski definition) is 2. The fourth-order valence-corrected chi connectivity index (χ4v) is 3.37. The second kappa shape index (κ2) is 7.88. The zero-order chi connectivity index (χ0) is 20.4. The van der Waals surface area contributed by atoms with Crippen molar-refractivity contribution in [2.24, 2.45) is 0 Å². The van der Waals surface area contributed by atoms with Gasteiger partial charge in [-0.05, 0) is 56.0 Å². The highest BCUT2D eigenvalue weighted by molar-refractivity contribution is 5.89. The van der Waals surface area contributed by atoms with Crippen LogP contribution in [0, 0.1) is 20.8 Å². The van der Waals surface area contributed by atoms with Crippen LogP contribution < -0.4 is 10.9 Å². The lowest BCUT2D eigenvalue weighted by Crippen LogP contribution is -2.44. The summed E-state index contributed by atoms with van der Waals surface area (Å²) in [5, 5.41) is 5.16. The highest BCUT2D eigenvalue weighted by Gasteiger charge is 2.15. The van der Waals surface area contributed by atoms with Crippen molar-refractivity contribution >= 4 is 22.8 Å². The Morgan fingerprint density at radius 1 is 1.11 bits per heavy atom. The topological polar surface area (TPSA) is 89.2 Å². The van der Waals surface area contributed by atoms with Crippen LogP contribution >= 0.6 is 0 Å². The average molecular weight is 382 g/mol. The number of aromatic nitrogens is 2. The summed E-state index contributed by atoms with van der Waals surface area (Å²) in [6.45, 7) is 10.1. The highest BCUT2D eigenvalue weighted by Crippen LogP contribution is 2.29. The molecule has 2 aromatic heterocycles. The predicted octanol–water partition coefficient (Wildman–Crippen LogP) is 3.07. The number of fused-ring (bicyclic) bond motifs is 1. The quantitative estimate of drug-likeness (QED) is 0.664. The number of carbonyl (C=O) groups excluding carboxylic acids is 2. The van der Waals surface area contributed by atoms with Gasteiger partial charge in [0.05, 0.1) is 18.4 Å². The van der Waals surface area contributed by atoms with Crippen molar-refractivity contribution in [3.63, 3.8) is 0 Å². The predicted molar refractivity (Wildman–Crippen MR) is 107 cm³/mol. The third kappa shape index (κ3) is 4.24. The molecule has 0 atom stereocenters. The number of amides is 2. The summed E-state index contributed by atoms with van der Waals surface area (Å²) in [4.78, 5) is 24.3. The Labute approximate surface area is 164 Å². The van der Waals surface area contributed by atoms with Crippen LogP contribution in [0.1, 0.15) is 47.8 Å². The van der Waals surface area contributed by atoms with Gasteiger partial charge >= 0.3 is 0 Å². The molecule has 0 fully saturated rings. The Morgan fingerprint density at radius 2 is 1.82 bits per heavy atom. The molecule has 0 aliphatic carbocycles. The molecular formula is C21H26N4O3. The third-order valence-electron chi connectivity index (χ3n) is 4.75. The van der Waals surface area contributed by atoms with Crippen LogP contribution in [0.5, 0.6) is 0 Å². The van der Waals surface area contributed by atoms with Crippen molar-refractivity contribution in [3.8, 4) is 0 Å². The number of furan rings is 1. The Bertz CT molecular complexity index is 1030. The molecule has 3 aromatic rings. The maximum absolute atomic E-state index is 12.3. The van der Waals surface area contributed by atoms with Gasteiger partial charge < -0.3 is 4.42 Å². The molecule has 0 bridgehead atoms. The average Bonchev–Trinajstić information content (AvgIpc) is 3.14. The monoisotopic (exact) mass is 382 g/mol. The third-order valence-corrected chi connectivity index (χ3v) is 4.75. The van der Waals surface area contributed by atoms with E-state index in [2.05, 4.69) is 42.8 Å². The van der Waals surface area contributed by atoms with Gasteiger partial charge in [-0.1, -0.05) is 13.8 Å². The minimum Gasteiger partial charge on any atom is -0.464 e. The number of nitrogens with one attached hydrogen (secondary N) is 2. The van der Waals surface area contributed by atoms with E-state index in [9.17, 15) is 9.59 Å². The van der Waals surface area contributed by atoms with Crippen LogP contribution in [-0.4, -0.2) is 21.6 Å². The van der Waals surface area contributed by atoms with Gasteiger partial charge in [0, 0.05) is 16.6 Å². The van der Waals surface area contributed by atoms with Crippen LogP contribution in [0.15, 0.2) is 28.9 Å². The second-order valence-corrected chi connectivity index (χ2v) is 7.48. The molecule has 2 amide bonds. The van der Waals surface area contributed by atoms with E-state index in [1.165, 1.54) is 11.1 Å². The number of hydrazine groups is 1. The summed E-state index contributed by atoms with van der Waals surface area (Å²) in [5.74, 6) is -0.264. The fourth-order valence-electron chi connectivity index (χ4n) is 3.37. The van der Waals surface area contributed by atoms with Crippen LogP contribution in [0.3, 0.4) is 0 Å². The number of aryl methyl sites for hydroxylation is 3. The van der Waals surface area contributed by atoms with Gasteiger partial charge in [0.25, 0.3) is 5.91 Å². The number of nitrogens with zero attached hydrogens (tertiary/aromatic N) is 2. The molecule has 28 heavy (non-hydrogen) atoms. The van der Waals surface area contributed by atoms with Crippen molar-refractivity contribution in [2.75, 3.05) is 0 Å². The van der Waals surface area contributed by atoms with Crippen LogP contribution in [0.2, 0.25) is 0 Å². The molecule has 0 saturated carbocycles. The summed E-state index contributed by atoms with van der Waals surface area (Å²) in [7, 11) is 0. The summed E-state index contributed by atoms with van der Waals surface area (Å²) >= 11 is 0. The minimum absolute atomic E-state index is 0.0472. The molecule has 0 unspecified atom stereocenters. The second-order valence-electron chi connectivity index (χ2n) is 7.48. The van der Waals surface area contributed by atoms with Crippen molar-refractivity contribution in [1.82, 2.24) is 20.6 Å². The van der Waals surface area contributed by atoms with E-state index in [0.717, 1.165) is 27.9 Å². The minimum atomic E-state index is -0.339. The van der Waals surface area contributed by atoms with Gasteiger partial charge in [0.2, 0.25) is 5.91 Å². The van der Waals surface area contributed by atoms with Gasteiger partial charge in [0.1, 0.15) is 12.1 Å². The first-order valence-electron chi connectivity index (χ1n) is 9.34. The number of rotatable bonds is 5. The van der Waals surface area contributed by atoms with E-state index >= 15 is 0 Å². The van der Waals surface area contributed by atoms with Crippen molar-refractivity contribution in [1.29, 1.82) is 0 Å². The Morgan fingerprint density at radius 3 is 2.46 bits per heavy atom. The largest absolute Gasteiger partial charge is 0.464 e. The van der Waals surface area contributed by atoms with E-state index in [4.69, 9.17) is 4.42 Å². The molecule has 2 N–H and O–H groups in total. The van der Waals surface area contributed by atoms with Crippen molar-refractivity contribution in [2.45, 2.75) is 53.5 Å². The van der Waals surface area contributed by atoms with Gasteiger partial charge in [-0.15, -0.1) is 0 Å². The van der Waals surface area contributed by atoms with E-state index in [-0.39, 0.29) is 24.8 Å². The van der Waals surface area contributed by atoms with E-state index < -0.39 is 0 Å². The number of hydrogen-bond acceptors (Lipinski definition) is 4. The highest BCUT2D eigenvalue weighted by atomic mass is 16.3. The first-order valence-corrected chi connectivity index (χ1v) is 9.34. The molecular weight excluding hydrogens is 356 g/mol. The number of benzene rings is 1. The van der Waals surface area contributed by atoms with E-state index in [0.29, 0.717) is 5.92 Å². The zero-order valence-electron chi connectivity index (χ0n) is 16.9. The van der Waals surface area contributed by atoms with Gasteiger partial charge in [-0.25, -0.2) is 0 Å². The van der Waals surface area contributed by atoms with Crippen molar-refractivity contribution < 1.29 is 14.0 Å². The van der Waals surface area contributed by atoms with Gasteiger partial charge in [0.15, 0.2) is 0 Å². The molecule has 0 radical (unpaired) electrons. The SMILES string of the molecule is Cc1cc(C)n(CC(=O)NNC(=O)Cc2coc3cc(C)c(C(C)C)cc23)n1. The lowest BCUT2D eigenvalue weighted by atomic mass is 9.95. The van der Waals surface area contributed by atoms with E-state index in [1.807, 2.05) is 26.0 Å². The first kappa shape index (κ1) is 19.7. The molecule has 0 spiro atoms. The molecule has 0 saturated heterocycles. The molecule has 2 heterocycles. The molecule has 7 nitrogen and oxygen atoms in total. The molecule has 1 aromatic carbocycles. The van der Waals surface area contributed by atoms with Gasteiger partial charge in [-0.2, -0.15) is 5.10 Å². The maximum atomic E-state index is 12.3. The molecule has 148 valence electrons. The first-order chi connectivity index (χ1) is 13.2. The summed E-state index contributed by atoms with van der Waals surface area (Å²) in [6, 6.07) is 5.98.